The van der Waals surface area contributed by atoms with Crippen LogP contribution in [0.1, 0.15) is 23.0 Å². The number of nitrogen functional groups attached to an aromatic ring is 1. The first-order valence-electron chi connectivity index (χ1n) is 6.68. The number of hydrogen-bond acceptors (Lipinski definition) is 7. The zero-order valence-corrected chi connectivity index (χ0v) is 12.0. The van der Waals surface area contributed by atoms with E-state index in [0.717, 1.165) is 0 Å². The average Bonchev–Trinajstić information content (AvgIpc) is 2.48. The molecule has 3 heterocycles. The van der Waals surface area contributed by atoms with Gasteiger partial charge in [0.1, 0.15) is 11.4 Å². The van der Waals surface area contributed by atoms with Crippen molar-refractivity contribution in [2.45, 2.75) is 13.8 Å². The summed E-state index contributed by atoms with van der Waals surface area (Å²) in [5.41, 5.74) is 6.57. The first-order chi connectivity index (χ1) is 10.5. The van der Waals surface area contributed by atoms with E-state index in [-0.39, 0.29) is 34.5 Å². The van der Waals surface area contributed by atoms with Gasteiger partial charge < -0.3 is 14.9 Å². The minimum absolute atomic E-state index is 0.0477. The smallest absolute Gasteiger partial charge is 0.341 e. The van der Waals surface area contributed by atoms with Crippen LogP contribution in [0.2, 0.25) is 0 Å². The van der Waals surface area contributed by atoms with E-state index in [2.05, 4.69) is 9.97 Å². The highest BCUT2D eigenvalue weighted by Gasteiger charge is 2.17. The van der Waals surface area contributed by atoms with E-state index >= 15 is 0 Å². The summed E-state index contributed by atoms with van der Waals surface area (Å²) in [6.07, 6.45) is 1.46. The van der Waals surface area contributed by atoms with Gasteiger partial charge in [-0.15, -0.1) is 0 Å². The van der Waals surface area contributed by atoms with Crippen LogP contribution in [-0.2, 0) is 4.74 Å². The van der Waals surface area contributed by atoms with Crippen molar-refractivity contribution in [2.24, 2.45) is 0 Å². The summed E-state index contributed by atoms with van der Waals surface area (Å²) in [4.78, 5) is 32.5. The van der Waals surface area contributed by atoms with Crippen molar-refractivity contribution in [3.63, 3.8) is 0 Å². The molecule has 7 heteroatoms. The number of carbonyl (C=O) groups excluding carboxylic acids is 1. The first-order valence-corrected chi connectivity index (χ1v) is 6.68. The number of anilines is 1. The van der Waals surface area contributed by atoms with Gasteiger partial charge in [0.2, 0.25) is 11.1 Å². The zero-order valence-electron chi connectivity index (χ0n) is 12.0. The molecule has 3 rings (SSSR count). The van der Waals surface area contributed by atoms with Gasteiger partial charge in [0.15, 0.2) is 5.58 Å². The Labute approximate surface area is 124 Å². The lowest BCUT2D eigenvalue weighted by Crippen LogP contribution is -2.12. The molecule has 22 heavy (non-hydrogen) atoms. The highest BCUT2D eigenvalue weighted by molar-refractivity contribution is 5.99. The molecule has 0 saturated heterocycles. The number of aryl methyl sites for hydroxylation is 1. The molecule has 0 fully saturated rings. The van der Waals surface area contributed by atoms with Crippen molar-refractivity contribution in [1.29, 1.82) is 0 Å². The number of ether oxygens (including phenoxy) is 1. The summed E-state index contributed by atoms with van der Waals surface area (Å²) in [5.74, 6) is -0.673. The lowest BCUT2D eigenvalue weighted by Gasteiger charge is -2.06. The largest absolute Gasteiger partial charge is 0.462 e. The summed E-state index contributed by atoms with van der Waals surface area (Å²) >= 11 is 0. The Morgan fingerprint density at radius 2 is 2.14 bits per heavy atom. The Kier molecular flexibility index (Phi) is 3.25. The van der Waals surface area contributed by atoms with Crippen LogP contribution in [0.5, 0.6) is 0 Å². The Balaban J connectivity index is 2.35. The lowest BCUT2D eigenvalue weighted by atomic mass is 10.1. The Hall–Kier alpha value is -2.96. The van der Waals surface area contributed by atoms with E-state index in [1.54, 1.807) is 19.9 Å². The van der Waals surface area contributed by atoms with E-state index in [0.29, 0.717) is 16.7 Å². The zero-order chi connectivity index (χ0) is 15.9. The summed E-state index contributed by atoms with van der Waals surface area (Å²) in [6.45, 7) is 3.65. The standard InChI is InChI=1S/C15H13N3O4/c1-3-21-15(20)10-5-9-12(19)8-4-7(2)17-6-11(8)22-14(9)18-13(10)16/h4-6H,3H2,1-2H3,(H2,16,18). The van der Waals surface area contributed by atoms with Crippen molar-refractivity contribution < 1.29 is 13.9 Å². The van der Waals surface area contributed by atoms with Crippen molar-refractivity contribution in [2.75, 3.05) is 12.3 Å². The number of rotatable bonds is 2. The van der Waals surface area contributed by atoms with Crippen LogP contribution in [0.3, 0.4) is 0 Å². The number of hydrogen-bond donors (Lipinski definition) is 1. The summed E-state index contributed by atoms with van der Waals surface area (Å²) in [5, 5.41) is 0.553. The number of fused-ring (bicyclic) bond motifs is 2. The molecule has 0 unspecified atom stereocenters. The predicted molar refractivity (Wildman–Crippen MR) is 80.7 cm³/mol. The van der Waals surface area contributed by atoms with Gasteiger partial charge in [0, 0.05) is 5.69 Å². The molecule has 3 aromatic heterocycles. The van der Waals surface area contributed by atoms with Gasteiger partial charge in [-0.05, 0) is 26.0 Å². The third kappa shape index (κ3) is 2.16. The lowest BCUT2D eigenvalue weighted by molar-refractivity contribution is 0.0527. The van der Waals surface area contributed by atoms with Crippen LogP contribution in [0.4, 0.5) is 5.82 Å². The fraction of sp³-hybridized carbons (Fsp3) is 0.200. The van der Waals surface area contributed by atoms with Crippen LogP contribution in [-0.4, -0.2) is 22.5 Å². The van der Waals surface area contributed by atoms with Gasteiger partial charge in [-0.1, -0.05) is 0 Å². The summed E-state index contributed by atoms with van der Waals surface area (Å²) in [6, 6.07) is 2.98. The maximum Gasteiger partial charge on any atom is 0.341 e. The predicted octanol–water partition coefficient (Wildman–Crippen LogP) is 1.80. The van der Waals surface area contributed by atoms with Gasteiger partial charge in [-0.3, -0.25) is 9.78 Å². The van der Waals surface area contributed by atoms with Crippen LogP contribution >= 0.6 is 0 Å². The summed E-state index contributed by atoms with van der Waals surface area (Å²) in [7, 11) is 0. The Morgan fingerprint density at radius 1 is 1.36 bits per heavy atom. The van der Waals surface area contributed by atoms with Gasteiger partial charge in [0.05, 0.1) is 23.6 Å². The molecule has 0 saturated carbocycles. The molecule has 0 bridgehead atoms. The minimum Gasteiger partial charge on any atom is -0.462 e. The van der Waals surface area contributed by atoms with Gasteiger partial charge >= 0.3 is 5.97 Å². The van der Waals surface area contributed by atoms with Crippen LogP contribution in [0, 0.1) is 6.92 Å². The molecule has 0 aliphatic heterocycles. The fourth-order valence-electron chi connectivity index (χ4n) is 2.18. The maximum atomic E-state index is 12.6. The molecule has 3 aromatic rings. The molecule has 0 aliphatic carbocycles. The molecule has 7 nitrogen and oxygen atoms in total. The normalized spacial score (nSPS) is 11.0. The van der Waals surface area contributed by atoms with E-state index in [1.807, 2.05) is 0 Å². The average molecular weight is 299 g/mol. The molecular formula is C15H13N3O4. The molecule has 0 aromatic carbocycles. The second-order valence-electron chi connectivity index (χ2n) is 4.75. The van der Waals surface area contributed by atoms with Crippen molar-refractivity contribution in [1.82, 2.24) is 9.97 Å². The number of nitrogens with two attached hydrogens (primary N) is 1. The quantitative estimate of drug-likeness (QED) is 0.567. The minimum atomic E-state index is -0.625. The Bertz CT molecular complexity index is 962. The monoisotopic (exact) mass is 299 g/mol. The molecule has 0 aliphatic rings. The second kappa shape index (κ2) is 5.10. The number of pyridine rings is 2. The Morgan fingerprint density at radius 3 is 2.86 bits per heavy atom. The van der Waals surface area contributed by atoms with Crippen molar-refractivity contribution in [3.8, 4) is 0 Å². The molecule has 0 spiro atoms. The molecule has 0 radical (unpaired) electrons. The van der Waals surface area contributed by atoms with Crippen LogP contribution < -0.4 is 11.2 Å². The van der Waals surface area contributed by atoms with E-state index < -0.39 is 5.97 Å². The van der Waals surface area contributed by atoms with Gasteiger partial charge in [-0.25, -0.2) is 4.79 Å². The molecule has 0 atom stereocenters. The third-order valence-corrected chi connectivity index (χ3v) is 3.21. The van der Waals surface area contributed by atoms with Gasteiger partial charge in [0.25, 0.3) is 0 Å². The highest BCUT2D eigenvalue weighted by atomic mass is 16.5. The van der Waals surface area contributed by atoms with E-state index in [1.165, 1.54) is 12.3 Å². The van der Waals surface area contributed by atoms with Crippen molar-refractivity contribution in [3.05, 3.63) is 39.8 Å². The fourth-order valence-corrected chi connectivity index (χ4v) is 2.18. The molecular weight excluding hydrogens is 286 g/mol. The van der Waals surface area contributed by atoms with Crippen molar-refractivity contribution >= 4 is 33.9 Å². The third-order valence-electron chi connectivity index (χ3n) is 3.21. The van der Waals surface area contributed by atoms with E-state index in [4.69, 9.17) is 14.9 Å². The number of aromatic nitrogens is 2. The van der Waals surface area contributed by atoms with Crippen LogP contribution in [0.25, 0.3) is 22.1 Å². The van der Waals surface area contributed by atoms with E-state index in [9.17, 15) is 9.59 Å². The number of carbonyl (C=O) groups is 1. The van der Waals surface area contributed by atoms with Gasteiger partial charge in [-0.2, -0.15) is 4.98 Å². The topological polar surface area (TPSA) is 108 Å². The summed E-state index contributed by atoms with van der Waals surface area (Å²) < 4.78 is 10.5. The molecule has 0 amide bonds. The maximum absolute atomic E-state index is 12.6. The first kappa shape index (κ1) is 14.0. The second-order valence-corrected chi connectivity index (χ2v) is 4.75. The number of esters is 1. The van der Waals surface area contributed by atoms with Crippen LogP contribution in [0.15, 0.2) is 27.5 Å². The molecule has 112 valence electrons. The SMILES string of the molecule is CCOC(=O)c1cc2c(=O)c3cc(C)ncc3oc2nc1N. The molecule has 2 N–H and O–H groups in total. The highest BCUT2D eigenvalue weighted by Crippen LogP contribution is 2.21. The number of nitrogens with zero attached hydrogens (tertiary/aromatic N) is 2.